The summed E-state index contributed by atoms with van der Waals surface area (Å²) in [4.78, 5) is 20.7. The molecule has 0 aliphatic rings. The van der Waals surface area contributed by atoms with Gasteiger partial charge in [0.2, 0.25) is 5.91 Å². The van der Waals surface area contributed by atoms with E-state index in [1.807, 2.05) is 24.3 Å². The van der Waals surface area contributed by atoms with Crippen molar-refractivity contribution in [2.75, 3.05) is 0 Å². The summed E-state index contributed by atoms with van der Waals surface area (Å²) in [5.74, 6) is 1.19. The van der Waals surface area contributed by atoms with E-state index in [-0.39, 0.29) is 11.9 Å². The third-order valence-electron chi connectivity index (χ3n) is 5.21. The van der Waals surface area contributed by atoms with Gasteiger partial charge >= 0.3 is 0 Å². The molecule has 2 aromatic heterocycles. The number of hydrogen-bond acceptors (Lipinski definition) is 2. The molecule has 26 heavy (non-hydrogen) atoms. The van der Waals surface area contributed by atoms with Gasteiger partial charge in [-0.25, -0.2) is 4.98 Å². The Hall–Kier alpha value is -2.56. The van der Waals surface area contributed by atoms with Crippen LogP contribution in [0.15, 0.2) is 36.4 Å². The van der Waals surface area contributed by atoms with Gasteiger partial charge in [-0.3, -0.25) is 4.79 Å². The van der Waals surface area contributed by atoms with E-state index >= 15 is 0 Å². The van der Waals surface area contributed by atoms with Crippen molar-refractivity contribution in [1.29, 1.82) is 0 Å². The van der Waals surface area contributed by atoms with Crippen LogP contribution in [0, 0.1) is 19.8 Å². The smallest absolute Gasteiger partial charge is 0.222 e. The average Bonchev–Trinajstić information content (AvgIpc) is 3.20. The fourth-order valence-corrected chi connectivity index (χ4v) is 3.35. The quantitative estimate of drug-likeness (QED) is 0.667. The number of H-pyrrole nitrogens is 1. The largest absolute Gasteiger partial charge is 0.349 e. The molecule has 5 heteroatoms. The zero-order valence-electron chi connectivity index (χ0n) is 16.0. The van der Waals surface area contributed by atoms with Crippen molar-refractivity contribution in [3.63, 3.8) is 0 Å². The van der Waals surface area contributed by atoms with Crippen LogP contribution in [0.1, 0.15) is 49.9 Å². The van der Waals surface area contributed by atoms with E-state index < -0.39 is 0 Å². The Labute approximate surface area is 154 Å². The number of nitrogens with zero attached hydrogens (tertiary/aromatic N) is 2. The molecule has 0 aliphatic heterocycles. The normalized spacial score (nSPS) is 13.7. The Morgan fingerprint density at radius 3 is 2.54 bits per heavy atom. The highest BCUT2D eigenvalue weighted by molar-refractivity contribution is 5.77. The molecule has 0 saturated carbocycles. The number of nitrogens with one attached hydrogen (secondary N) is 2. The molecule has 0 unspecified atom stereocenters. The van der Waals surface area contributed by atoms with Crippen molar-refractivity contribution in [3.05, 3.63) is 53.6 Å². The van der Waals surface area contributed by atoms with Crippen molar-refractivity contribution in [3.8, 4) is 0 Å². The van der Waals surface area contributed by atoms with Gasteiger partial charge in [0.25, 0.3) is 0 Å². The molecule has 0 spiro atoms. The van der Waals surface area contributed by atoms with Crippen LogP contribution in [0.5, 0.6) is 0 Å². The van der Waals surface area contributed by atoms with E-state index in [2.05, 4.69) is 54.7 Å². The van der Waals surface area contributed by atoms with Crippen molar-refractivity contribution in [2.45, 2.75) is 53.1 Å². The maximum atomic E-state index is 12.6. The van der Waals surface area contributed by atoms with Gasteiger partial charge in [0.15, 0.2) is 0 Å². The third kappa shape index (κ3) is 3.82. The van der Waals surface area contributed by atoms with Gasteiger partial charge in [-0.05, 0) is 44.0 Å². The van der Waals surface area contributed by atoms with E-state index in [4.69, 9.17) is 4.98 Å². The van der Waals surface area contributed by atoms with Gasteiger partial charge < -0.3 is 14.9 Å². The summed E-state index contributed by atoms with van der Waals surface area (Å²) in [7, 11) is 0. The minimum Gasteiger partial charge on any atom is -0.349 e. The number of fused-ring (bicyclic) bond motifs is 1. The molecule has 0 fully saturated rings. The van der Waals surface area contributed by atoms with Gasteiger partial charge in [-0.15, -0.1) is 0 Å². The zero-order chi connectivity index (χ0) is 18.7. The van der Waals surface area contributed by atoms with Crippen LogP contribution < -0.4 is 5.32 Å². The molecule has 2 atom stereocenters. The zero-order valence-corrected chi connectivity index (χ0v) is 16.0. The first-order chi connectivity index (χ1) is 12.5. The molecule has 0 bridgehead atoms. The number of para-hydroxylation sites is 2. The number of hydrogen-bond donors (Lipinski definition) is 2. The SMILES string of the molecule is CC[C@@H](C)[C@@H](NC(=O)CCn1c(C)ccc1C)c1nc2ccccc2[nH]1. The lowest BCUT2D eigenvalue weighted by atomic mass is 9.98. The maximum Gasteiger partial charge on any atom is 0.222 e. The van der Waals surface area contributed by atoms with Gasteiger partial charge in [-0.2, -0.15) is 0 Å². The van der Waals surface area contributed by atoms with Gasteiger partial charge in [-0.1, -0.05) is 32.4 Å². The summed E-state index contributed by atoms with van der Waals surface area (Å²) in [6.45, 7) is 9.13. The number of benzene rings is 1. The Kier molecular flexibility index (Phi) is 5.45. The van der Waals surface area contributed by atoms with E-state index in [0.717, 1.165) is 23.3 Å². The van der Waals surface area contributed by atoms with Crippen molar-refractivity contribution >= 4 is 16.9 Å². The van der Waals surface area contributed by atoms with Gasteiger partial charge in [0, 0.05) is 24.4 Å². The average molecular weight is 352 g/mol. The van der Waals surface area contributed by atoms with E-state index in [9.17, 15) is 4.79 Å². The topological polar surface area (TPSA) is 62.7 Å². The van der Waals surface area contributed by atoms with Crippen LogP contribution in [0.3, 0.4) is 0 Å². The number of imidazole rings is 1. The molecule has 0 aliphatic carbocycles. The second kappa shape index (κ2) is 7.77. The number of aromatic nitrogens is 3. The molecule has 138 valence electrons. The number of aromatic amines is 1. The number of carbonyl (C=O) groups excluding carboxylic acids is 1. The first kappa shape index (κ1) is 18.2. The van der Waals surface area contributed by atoms with Gasteiger partial charge in [0.1, 0.15) is 5.82 Å². The summed E-state index contributed by atoms with van der Waals surface area (Å²) in [6, 6.07) is 12.0. The first-order valence-corrected chi connectivity index (χ1v) is 9.36. The van der Waals surface area contributed by atoms with Crippen LogP contribution >= 0.6 is 0 Å². The lowest BCUT2D eigenvalue weighted by Gasteiger charge is -2.22. The first-order valence-electron chi connectivity index (χ1n) is 9.36. The highest BCUT2D eigenvalue weighted by atomic mass is 16.1. The Morgan fingerprint density at radius 1 is 1.19 bits per heavy atom. The minimum atomic E-state index is -0.105. The second-order valence-electron chi connectivity index (χ2n) is 7.09. The summed E-state index contributed by atoms with van der Waals surface area (Å²) < 4.78 is 2.18. The minimum absolute atomic E-state index is 0.0586. The van der Waals surface area contributed by atoms with E-state index in [1.54, 1.807) is 0 Å². The summed E-state index contributed by atoms with van der Waals surface area (Å²) in [5.41, 5.74) is 4.31. The maximum absolute atomic E-state index is 12.6. The van der Waals surface area contributed by atoms with Gasteiger partial charge in [0.05, 0.1) is 17.1 Å². The molecule has 1 aromatic carbocycles. The molecule has 2 heterocycles. The molecule has 3 rings (SSSR count). The molecule has 0 saturated heterocycles. The highest BCUT2D eigenvalue weighted by Crippen LogP contribution is 2.24. The van der Waals surface area contributed by atoms with Crippen LogP contribution in [-0.4, -0.2) is 20.4 Å². The van der Waals surface area contributed by atoms with Crippen LogP contribution in [0.25, 0.3) is 11.0 Å². The molecule has 1 amide bonds. The Balaban J connectivity index is 1.73. The predicted octanol–water partition coefficient (Wildman–Crippen LogP) is 4.27. The predicted molar refractivity (Wildman–Crippen MR) is 105 cm³/mol. The summed E-state index contributed by atoms with van der Waals surface area (Å²) >= 11 is 0. The summed E-state index contributed by atoms with van der Waals surface area (Å²) in [6.07, 6.45) is 1.43. The molecule has 0 radical (unpaired) electrons. The number of amides is 1. The van der Waals surface area contributed by atoms with Crippen molar-refractivity contribution < 1.29 is 4.79 Å². The van der Waals surface area contributed by atoms with Crippen molar-refractivity contribution in [2.24, 2.45) is 5.92 Å². The lowest BCUT2D eigenvalue weighted by Crippen LogP contribution is -2.33. The molecular formula is C21H28N4O. The van der Waals surface area contributed by atoms with E-state index in [0.29, 0.717) is 18.9 Å². The number of rotatable bonds is 7. The second-order valence-corrected chi connectivity index (χ2v) is 7.09. The standard InChI is InChI=1S/C21H28N4O/c1-5-14(2)20(21-22-17-8-6-7-9-18(17)23-21)24-19(26)12-13-25-15(3)10-11-16(25)4/h6-11,14,20H,5,12-13H2,1-4H3,(H,22,23)(H,24,26)/t14-,20-/m1/s1. The monoisotopic (exact) mass is 352 g/mol. The Bertz CT molecular complexity index is 840. The summed E-state index contributed by atoms with van der Waals surface area (Å²) in [5, 5.41) is 3.20. The molecule has 5 nitrogen and oxygen atoms in total. The highest BCUT2D eigenvalue weighted by Gasteiger charge is 2.23. The van der Waals surface area contributed by atoms with Crippen LogP contribution in [-0.2, 0) is 11.3 Å². The fourth-order valence-electron chi connectivity index (χ4n) is 3.35. The number of aryl methyl sites for hydroxylation is 2. The van der Waals surface area contributed by atoms with E-state index in [1.165, 1.54) is 11.4 Å². The number of carbonyl (C=O) groups is 1. The van der Waals surface area contributed by atoms with Crippen LogP contribution in [0.4, 0.5) is 0 Å². The molecule has 3 aromatic rings. The third-order valence-corrected chi connectivity index (χ3v) is 5.21. The Morgan fingerprint density at radius 2 is 1.88 bits per heavy atom. The molecular weight excluding hydrogens is 324 g/mol. The van der Waals surface area contributed by atoms with Crippen molar-refractivity contribution in [1.82, 2.24) is 19.9 Å². The van der Waals surface area contributed by atoms with Crippen LogP contribution in [0.2, 0.25) is 0 Å². The lowest BCUT2D eigenvalue weighted by molar-refractivity contribution is -0.122. The molecule has 2 N–H and O–H groups in total. The fraction of sp³-hybridized carbons (Fsp3) is 0.429.